The topological polar surface area (TPSA) is 86.3 Å². The molecule has 2 aromatic carbocycles. The third kappa shape index (κ3) is 2.91. The summed E-state index contributed by atoms with van der Waals surface area (Å²) in [6, 6.07) is 12.6. The standard InChI is InChI=1S/C24H17F2N5O/c1-32-16-6-8-21(30-12-16)17-9-14(5-7-19(17)25)24(15-10-28-13-29-11-15)18-3-2-4-20(26)22(18)23(27)31-24/h2-13H,1H3,(H2,27,31). The van der Waals surface area contributed by atoms with Crippen molar-refractivity contribution in [3.8, 4) is 17.0 Å². The molecule has 0 saturated heterocycles. The molecule has 8 heteroatoms. The minimum Gasteiger partial charge on any atom is -0.495 e. The zero-order chi connectivity index (χ0) is 22.3. The summed E-state index contributed by atoms with van der Waals surface area (Å²) in [5, 5.41) is 0. The van der Waals surface area contributed by atoms with Gasteiger partial charge in [0.2, 0.25) is 0 Å². The van der Waals surface area contributed by atoms with Crippen molar-refractivity contribution in [2.75, 3.05) is 7.11 Å². The second-order valence-corrected chi connectivity index (χ2v) is 7.27. The number of hydrogen-bond acceptors (Lipinski definition) is 6. The molecule has 158 valence electrons. The fourth-order valence-corrected chi connectivity index (χ4v) is 4.08. The first kappa shape index (κ1) is 19.7. The normalized spacial score (nSPS) is 17.0. The van der Waals surface area contributed by atoms with Crippen LogP contribution in [0.25, 0.3) is 11.3 Å². The molecule has 1 aliphatic heterocycles. The number of aromatic nitrogens is 3. The van der Waals surface area contributed by atoms with E-state index in [1.165, 1.54) is 31.8 Å². The molecule has 0 aliphatic carbocycles. The molecule has 2 aromatic heterocycles. The molecule has 5 rings (SSSR count). The number of fused-ring (bicyclic) bond motifs is 1. The summed E-state index contributed by atoms with van der Waals surface area (Å²) in [5.74, 6) is -0.335. The molecule has 0 spiro atoms. The van der Waals surface area contributed by atoms with Gasteiger partial charge in [0.15, 0.2) is 0 Å². The number of benzene rings is 2. The highest BCUT2D eigenvalue weighted by molar-refractivity contribution is 6.03. The van der Waals surface area contributed by atoms with Gasteiger partial charge in [0.1, 0.15) is 35.1 Å². The van der Waals surface area contributed by atoms with Crippen LogP contribution in [0.4, 0.5) is 8.78 Å². The third-order valence-electron chi connectivity index (χ3n) is 5.56. The smallest absolute Gasteiger partial charge is 0.142 e. The van der Waals surface area contributed by atoms with Gasteiger partial charge in [-0.25, -0.2) is 23.7 Å². The average molecular weight is 429 g/mol. The highest BCUT2D eigenvalue weighted by atomic mass is 19.1. The maximum absolute atomic E-state index is 14.9. The summed E-state index contributed by atoms with van der Waals surface area (Å²) in [4.78, 5) is 17.2. The Morgan fingerprint density at radius 1 is 0.906 bits per heavy atom. The quantitative estimate of drug-likeness (QED) is 0.533. The summed E-state index contributed by atoms with van der Waals surface area (Å²) in [5.41, 5.74) is 7.52. The lowest BCUT2D eigenvalue weighted by Gasteiger charge is -2.29. The lowest BCUT2D eigenvalue weighted by Crippen LogP contribution is -2.26. The van der Waals surface area contributed by atoms with E-state index in [0.717, 1.165) is 0 Å². The number of nitrogens with zero attached hydrogens (tertiary/aromatic N) is 4. The van der Waals surface area contributed by atoms with Gasteiger partial charge in [-0.15, -0.1) is 0 Å². The molecule has 2 N–H and O–H groups in total. The van der Waals surface area contributed by atoms with E-state index in [2.05, 4.69) is 15.0 Å². The Labute approximate surface area is 182 Å². The van der Waals surface area contributed by atoms with Gasteiger partial charge in [-0.3, -0.25) is 4.98 Å². The van der Waals surface area contributed by atoms with Crippen LogP contribution in [0.1, 0.15) is 22.3 Å². The first-order chi connectivity index (χ1) is 15.5. The van der Waals surface area contributed by atoms with Crippen LogP contribution in [0.5, 0.6) is 5.75 Å². The molecule has 0 fully saturated rings. The van der Waals surface area contributed by atoms with Crippen LogP contribution in [-0.2, 0) is 5.54 Å². The van der Waals surface area contributed by atoms with E-state index in [-0.39, 0.29) is 17.0 Å². The minimum atomic E-state index is -1.24. The Bertz CT molecular complexity index is 1340. The number of amidine groups is 1. The predicted octanol–water partition coefficient (Wildman–Crippen LogP) is 3.84. The van der Waals surface area contributed by atoms with E-state index in [0.29, 0.717) is 28.1 Å². The maximum atomic E-state index is 14.9. The molecule has 1 aliphatic rings. The van der Waals surface area contributed by atoms with Crippen molar-refractivity contribution < 1.29 is 13.5 Å². The second kappa shape index (κ2) is 7.49. The van der Waals surface area contributed by atoms with Crippen molar-refractivity contribution in [3.63, 3.8) is 0 Å². The predicted molar refractivity (Wildman–Crippen MR) is 115 cm³/mol. The van der Waals surface area contributed by atoms with Crippen LogP contribution < -0.4 is 10.5 Å². The van der Waals surface area contributed by atoms with Gasteiger partial charge in [0.25, 0.3) is 0 Å². The van der Waals surface area contributed by atoms with Crippen molar-refractivity contribution in [1.82, 2.24) is 15.0 Å². The minimum absolute atomic E-state index is 0.0513. The van der Waals surface area contributed by atoms with Crippen LogP contribution in [0.2, 0.25) is 0 Å². The van der Waals surface area contributed by atoms with Gasteiger partial charge >= 0.3 is 0 Å². The van der Waals surface area contributed by atoms with Crippen LogP contribution in [-0.4, -0.2) is 27.9 Å². The largest absolute Gasteiger partial charge is 0.495 e. The number of rotatable bonds is 4. The van der Waals surface area contributed by atoms with Crippen molar-refractivity contribution >= 4 is 5.84 Å². The summed E-state index contributed by atoms with van der Waals surface area (Å²) in [6.45, 7) is 0. The highest BCUT2D eigenvalue weighted by Gasteiger charge is 2.44. The summed E-state index contributed by atoms with van der Waals surface area (Å²) in [7, 11) is 1.53. The summed E-state index contributed by atoms with van der Waals surface area (Å²) in [6.07, 6.45) is 6.10. The van der Waals surface area contributed by atoms with Crippen LogP contribution in [0.15, 0.2) is 78.4 Å². The van der Waals surface area contributed by atoms with E-state index in [9.17, 15) is 8.78 Å². The zero-order valence-electron chi connectivity index (χ0n) is 17.0. The Morgan fingerprint density at radius 2 is 1.72 bits per heavy atom. The van der Waals surface area contributed by atoms with Gasteiger partial charge in [0, 0.05) is 29.1 Å². The molecule has 0 saturated carbocycles. The van der Waals surface area contributed by atoms with Crippen LogP contribution in [0.3, 0.4) is 0 Å². The van der Waals surface area contributed by atoms with E-state index in [4.69, 9.17) is 15.5 Å². The van der Waals surface area contributed by atoms with E-state index in [1.54, 1.807) is 48.8 Å². The maximum Gasteiger partial charge on any atom is 0.142 e. The molecule has 6 nitrogen and oxygen atoms in total. The molecule has 32 heavy (non-hydrogen) atoms. The number of aliphatic imine (C=N–C) groups is 1. The fourth-order valence-electron chi connectivity index (χ4n) is 4.08. The Hall–Kier alpha value is -4.20. The van der Waals surface area contributed by atoms with Crippen molar-refractivity contribution in [1.29, 1.82) is 0 Å². The number of hydrogen-bond donors (Lipinski definition) is 1. The SMILES string of the molecule is COc1ccc(-c2cc(C3(c4cncnc4)N=C(N)c4c(F)cccc43)ccc2F)nc1. The number of methoxy groups -OCH3 is 1. The number of pyridine rings is 1. The molecular formula is C24H17F2N5O. The van der Waals surface area contributed by atoms with Gasteiger partial charge in [0.05, 0.1) is 24.6 Å². The summed E-state index contributed by atoms with van der Waals surface area (Å²) < 4.78 is 34.7. The lowest BCUT2D eigenvalue weighted by molar-refractivity contribution is 0.413. The van der Waals surface area contributed by atoms with Gasteiger partial charge in [-0.05, 0) is 35.9 Å². The number of halogens is 2. The van der Waals surface area contributed by atoms with Crippen molar-refractivity contribution in [3.05, 3.63) is 107 Å². The monoisotopic (exact) mass is 429 g/mol. The molecular weight excluding hydrogens is 412 g/mol. The molecule has 3 heterocycles. The second-order valence-electron chi connectivity index (χ2n) is 7.27. The Kier molecular flexibility index (Phi) is 4.62. The van der Waals surface area contributed by atoms with Crippen LogP contribution >= 0.6 is 0 Å². The number of nitrogens with two attached hydrogens (primary N) is 1. The van der Waals surface area contributed by atoms with Crippen LogP contribution in [0, 0.1) is 11.6 Å². The average Bonchev–Trinajstić information content (AvgIpc) is 3.14. The van der Waals surface area contributed by atoms with Gasteiger partial charge in [-0.1, -0.05) is 18.2 Å². The van der Waals surface area contributed by atoms with E-state index < -0.39 is 17.2 Å². The van der Waals surface area contributed by atoms with Crippen molar-refractivity contribution in [2.45, 2.75) is 5.54 Å². The zero-order valence-corrected chi connectivity index (χ0v) is 17.0. The Morgan fingerprint density at radius 3 is 2.44 bits per heavy atom. The molecule has 0 amide bonds. The van der Waals surface area contributed by atoms with E-state index in [1.807, 2.05) is 0 Å². The van der Waals surface area contributed by atoms with E-state index >= 15 is 0 Å². The fraction of sp³-hybridized carbons (Fsp3) is 0.0833. The van der Waals surface area contributed by atoms with Crippen molar-refractivity contribution in [2.24, 2.45) is 10.7 Å². The molecule has 1 atom stereocenters. The third-order valence-corrected chi connectivity index (χ3v) is 5.56. The first-order valence-electron chi connectivity index (χ1n) is 9.75. The number of ether oxygens (including phenoxy) is 1. The molecule has 0 radical (unpaired) electrons. The molecule has 1 unspecified atom stereocenters. The Balaban J connectivity index is 1.78. The van der Waals surface area contributed by atoms with Gasteiger partial charge < -0.3 is 10.5 Å². The summed E-state index contributed by atoms with van der Waals surface area (Å²) >= 11 is 0. The molecule has 0 bridgehead atoms. The lowest BCUT2D eigenvalue weighted by atomic mass is 9.78. The molecule has 4 aromatic rings. The first-order valence-corrected chi connectivity index (χ1v) is 9.75. The van der Waals surface area contributed by atoms with Gasteiger partial charge in [-0.2, -0.15) is 0 Å². The highest BCUT2D eigenvalue weighted by Crippen LogP contribution is 2.46.